The first-order valence-corrected chi connectivity index (χ1v) is 7.08. The number of ether oxygens (including phenoxy) is 2. The molecule has 0 atom stereocenters. The summed E-state index contributed by atoms with van der Waals surface area (Å²) in [5, 5.41) is 13.3. The Labute approximate surface area is 126 Å². The van der Waals surface area contributed by atoms with Crippen LogP contribution in [0.5, 0.6) is 5.75 Å². The standard InChI is InChI=1S/C15H24ClNO3/c1-15(2,3)17-13-9-12(16)14(8-11(13)10-18)20-7-5-6-19-4/h8-9,17-18H,5-7,10H2,1-4H3. The van der Waals surface area contributed by atoms with Crippen LogP contribution >= 0.6 is 11.6 Å². The van der Waals surface area contributed by atoms with Crippen molar-refractivity contribution < 1.29 is 14.6 Å². The molecule has 0 aliphatic rings. The van der Waals surface area contributed by atoms with Crippen molar-refractivity contribution in [1.29, 1.82) is 0 Å². The highest BCUT2D eigenvalue weighted by molar-refractivity contribution is 6.32. The molecule has 0 aromatic heterocycles. The third-order valence-electron chi connectivity index (χ3n) is 2.59. The zero-order valence-electron chi connectivity index (χ0n) is 12.6. The van der Waals surface area contributed by atoms with Gasteiger partial charge in [-0.05, 0) is 32.9 Å². The molecule has 0 saturated carbocycles. The van der Waals surface area contributed by atoms with Crippen LogP contribution in [0.1, 0.15) is 32.8 Å². The van der Waals surface area contributed by atoms with Crippen LogP contribution in [-0.2, 0) is 11.3 Å². The molecule has 1 aromatic carbocycles. The van der Waals surface area contributed by atoms with E-state index >= 15 is 0 Å². The minimum Gasteiger partial charge on any atom is -0.492 e. The van der Waals surface area contributed by atoms with Crippen molar-refractivity contribution in [2.24, 2.45) is 0 Å². The third kappa shape index (κ3) is 5.57. The molecule has 114 valence electrons. The molecular weight excluding hydrogens is 278 g/mol. The molecule has 0 heterocycles. The molecule has 0 spiro atoms. The molecule has 0 fully saturated rings. The lowest BCUT2D eigenvalue weighted by Gasteiger charge is -2.24. The van der Waals surface area contributed by atoms with Crippen molar-refractivity contribution in [3.05, 3.63) is 22.7 Å². The summed E-state index contributed by atoms with van der Waals surface area (Å²) >= 11 is 6.22. The van der Waals surface area contributed by atoms with E-state index in [2.05, 4.69) is 26.1 Å². The van der Waals surface area contributed by atoms with Crippen LogP contribution in [0, 0.1) is 0 Å². The number of benzene rings is 1. The first kappa shape index (κ1) is 17.1. The molecule has 0 aliphatic heterocycles. The van der Waals surface area contributed by atoms with Crippen LogP contribution in [-0.4, -0.2) is 31.0 Å². The normalized spacial score (nSPS) is 11.5. The Bertz CT molecular complexity index is 430. The Morgan fingerprint density at radius 2 is 1.95 bits per heavy atom. The van der Waals surface area contributed by atoms with Gasteiger partial charge in [0.2, 0.25) is 0 Å². The van der Waals surface area contributed by atoms with Gasteiger partial charge in [-0.3, -0.25) is 0 Å². The lowest BCUT2D eigenvalue weighted by atomic mass is 10.1. The molecule has 5 heteroatoms. The quantitative estimate of drug-likeness (QED) is 0.757. The molecule has 1 aromatic rings. The van der Waals surface area contributed by atoms with Crippen LogP contribution in [0.4, 0.5) is 5.69 Å². The molecule has 0 unspecified atom stereocenters. The van der Waals surface area contributed by atoms with E-state index in [1.165, 1.54) is 0 Å². The van der Waals surface area contributed by atoms with Gasteiger partial charge in [0, 0.05) is 36.9 Å². The molecular formula is C15H24ClNO3. The fourth-order valence-corrected chi connectivity index (χ4v) is 1.96. The number of aliphatic hydroxyl groups excluding tert-OH is 1. The molecule has 4 nitrogen and oxygen atoms in total. The van der Waals surface area contributed by atoms with Crippen molar-refractivity contribution in [1.82, 2.24) is 0 Å². The Kier molecular flexibility index (Phi) is 6.59. The number of hydrogen-bond acceptors (Lipinski definition) is 4. The minimum absolute atomic E-state index is 0.0655. The molecule has 2 N–H and O–H groups in total. The zero-order valence-corrected chi connectivity index (χ0v) is 13.4. The summed E-state index contributed by atoms with van der Waals surface area (Å²) in [6, 6.07) is 3.58. The third-order valence-corrected chi connectivity index (χ3v) is 2.88. The molecule has 0 bridgehead atoms. The molecule has 1 rings (SSSR count). The fourth-order valence-electron chi connectivity index (χ4n) is 1.74. The Hall–Kier alpha value is -0.970. The number of nitrogens with one attached hydrogen (secondary N) is 1. The summed E-state index contributed by atoms with van der Waals surface area (Å²) in [6.07, 6.45) is 0.795. The second kappa shape index (κ2) is 7.72. The molecule has 0 amide bonds. The topological polar surface area (TPSA) is 50.7 Å². The van der Waals surface area contributed by atoms with E-state index in [1.54, 1.807) is 19.2 Å². The Balaban J connectivity index is 2.84. The number of anilines is 1. The largest absolute Gasteiger partial charge is 0.492 e. The van der Waals surface area contributed by atoms with Gasteiger partial charge < -0.3 is 19.9 Å². The lowest BCUT2D eigenvalue weighted by Crippen LogP contribution is -2.26. The Morgan fingerprint density at radius 1 is 1.25 bits per heavy atom. The summed E-state index contributed by atoms with van der Waals surface area (Å²) in [5.74, 6) is 0.589. The Morgan fingerprint density at radius 3 is 2.50 bits per heavy atom. The predicted octanol–water partition coefficient (Wildman–Crippen LogP) is 3.46. The number of aliphatic hydroxyl groups is 1. The van der Waals surface area contributed by atoms with E-state index in [9.17, 15) is 5.11 Å². The van der Waals surface area contributed by atoms with E-state index in [0.717, 1.165) is 17.7 Å². The second-order valence-corrected chi connectivity index (χ2v) is 6.07. The van der Waals surface area contributed by atoms with Crippen LogP contribution in [0.15, 0.2) is 12.1 Å². The maximum absolute atomic E-state index is 9.48. The van der Waals surface area contributed by atoms with E-state index < -0.39 is 0 Å². The van der Waals surface area contributed by atoms with Gasteiger partial charge in [0.05, 0.1) is 18.2 Å². The van der Waals surface area contributed by atoms with Crippen LogP contribution in [0.2, 0.25) is 5.02 Å². The molecule has 0 aliphatic carbocycles. The number of hydrogen-bond donors (Lipinski definition) is 2. The fraction of sp³-hybridized carbons (Fsp3) is 0.600. The van der Waals surface area contributed by atoms with E-state index in [0.29, 0.717) is 24.0 Å². The second-order valence-electron chi connectivity index (χ2n) is 5.67. The van der Waals surface area contributed by atoms with Crippen molar-refractivity contribution >= 4 is 17.3 Å². The maximum atomic E-state index is 9.48. The van der Waals surface area contributed by atoms with Gasteiger partial charge in [0.25, 0.3) is 0 Å². The highest BCUT2D eigenvalue weighted by atomic mass is 35.5. The minimum atomic E-state index is -0.103. The smallest absolute Gasteiger partial charge is 0.138 e. The monoisotopic (exact) mass is 301 g/mol. The van der Waals surface area contributed by atoms with Crippen molar-refractivity contribution in [2.45, 2.75) is 39.3 Å². The van der Waals surface area contributed by atoms with Crippen molar-refractivity contribution in [3.8, 4) is 5.75 Å². The van der Waals surface area contributed by atoms with Gasteiger partial charge in [0.15, 0.2) is 0 Å². The molecule has 20 heavy (non-hydrogen) atoms. The predicted molar refractivity (Wildman–Crippen MR) is 82.7 cm³/mol. The van der Waals surface area contributed by atoms with E-state index in [1.807, 2.05) is 0 Å². The molecule has 0 radical (unpaired) electrons. The van der Waals surface area contributed by atoms with Crippen molar-refractivity contribution in [3.63, 3.8) is 0 Å². The number of methoxy groups -OCH3 is 1. The zero-order chi connectivity index (χ0) is 15.2. The van der Waals surface area contributed by atoms with Crippen LogP contribution in [0.3, 0.4) is 0 Å². The van der Waals surface area contributed by atoms with Gasteiger partial charge in [-0.15, -0.1) is 0 Å². The lowest BCUT2D eigenvalue weighted by molar-refractivity contribution is 0.172. The summed E-state index contributed by atoms with van der Waals surface area (Å²) in [5.41, 5.74) is 1.49. The van der Waals surface area contributed by atoms with Gasteiger partial charge in [-0.25, -0.2) is 0 Å². The van der Waals surface area contributed by atoms with Gasteiger partial charge in [-0.1, -0.05) is 11.6 Å². The highest BCUT2D eigenvalue weighted by Gasteiger charge is 2.15. The average molecular weight is 302 g/mol. The average Bonchev–Trinajstić information content (AvgIpc) is 2.35. The van der Waals surface area contributed by atoms with Crippen LogP contribution in [0.25, 0.3) is 0 Å². The van der Waals surface area contributed by atoms with Crippen molar-refractivity contribution in [2.75, 3.05) is 25.6 Å². The number of halogens is 1. The summed E-state index contributed by atoms with van der Waals surface area (Å²) in [7, 11) is 1.66. The summed E-state index contributed by atoms with van der Waals surface area (Å²) in [4.78, 5) is 0. The van der Waals surface area contributed by atoms with Gasteiger partial charge >= 0.3 is 0 Å². The first-order chi connectivity index (χ1) is 9.37. The van der Waals surface area contributed by atoms with E-state index in [4.69, 9.17) is 21.1 Å². The first-order valence-electron chi connectivity index (χ1n) is 6.70. The van der Waals surface area contributed by atoms with Crippen LogP contribution < -0.4 is 10.1 Å². The maximum Gasteiger partial charge on any atom is 0.138 e. The summed E-state index contributed by atoms with van der Waals surface area (Å²) < 4.78 is 10.6. The summed E-state index contributed by atoms with van der Waals surface area (Å²) in [6.45, 7) is 7.27. The van der Waals surface area contributed by atoms with E-state index in [-0.39, 0.29) is 12.1 Å². The SMILES string of the molecule is COCCCOc1cc(CO)c(NC(C)(C)C)cc1Cl. The number of rotatable bonds is 7. The molecule has 0 saturated heterocycles. The van der Waals surface area contributed by atoms with Gasteiger partial charge in [-0.2, -0.15) is 0 Å². The van der Waals surface area contributed by atoms with Gasteiger partial charge in [0.1, 0.15) is 5.75 Å². The highest BCUT2D eigenvalue weighted by Crippen LogP contribution is 2.32.